The summed E-state index contributed by atoms with van der Waals surface area (Å²) in [7, 11) is 0. The normalized spacial score (nSPS) is 11.9. The van der Waals surface area contributed by atoms with Crippen molar-refractivity contribution in [3.8, 4) is 34.5 Å². The molecule has 432 valence electrons. The molecule has 0 saturated heterocycles. The van der Waals surface area contributed by atoms with E-state index in [1.165, 1.54) is 105 Å². The van der Waals surface area contributed by atoms with Crippen molar-refractivity contribution in [1.29, 1.82) is 0 Å². The van der Waals surface area contributed by atoms with Gasteiger partial charge in [-0.3, -0.25) is 0 Å². The van der Waals surface area contributed by atoms with Gasteiger partial charge in [0.1, 0.15) is 34.5 Å². The lowest BCUT2D eigenvalue weighted by Crippen LogP contribution is -2.60. The Labute approximate surface area is 463 Å². The number of hydrogen-bond donors (Lipinski definition) is 0. The lowest BCUT2D eigenvalue weighted by Gasteiger charge is -2.33. The number of halogens is 9. The van der Waals surface area contributed by atoms with E-state index in [0.717, 1.165) is 24.6 Å². The van der Waals surface area contributed by atoms with E-state index < -0.39 is 60.7 Å². The number of unbranched alkanes of at least 4 members (excludes halogenated alkanes) is 12. The molecule has 6 aromatic rings. The minimum absolute atomic E-state index is 0.0902. The second kappa shape index (κ2) is 29.1. The van der Waals surface area contributed by atoms with E-state index in [9.17, 15) is 58.7 Å². The highest BCUT2D eigenvalue weighted by molar-refractivity contribution is 5.96. The van der Waals surface area contributed by atoms with Crippen molar-refractivity contribution in [1.82, 2.24) is 0 Å². The maximum absolute atomic E-state index is 13.7. The number of benzene rings is 6. The fraction of sp³-hybridized carbons (Fsp3) is 0.355. The number of esters is 4. The van der Waals surface area contributed by atoms with Gasteiger partial charge in [0.2, 0.25) is 0 Å². The van der Waals surface area contributed by atoms with Gasteiger partial charge in [0.25, 0.3) is 0 Å². The van der Waals surface area contributed by atoms with Gasteiger partial charge in [-0.2, -0.15) is 39.5 Å². The highest BCUT2D eigenvalue weighted by atomic mass is 19.4. The minimum atomic E-state index is -6.88. The summed E-state index contributed by atoms with van der Waals surface area (Å²) in [6.07, 6.45) is 3.38. The molecule has 81 heavy (non-hydrogen) atoms. The van der Waals surface area contributed by atoms with Crippen LogP contribution in [0.5, 0.6) is 34.5 Å². The molecule has 19 heteroatoms. The first-order chi connectivity index (χ1) is 38.6. The Morgan fingerprint density at radius 1 is 0.420 bits per heavy atom. The van der Waals surface area contributed by atoms with Gasteiger partial charge in [-0.1, -0.05) is 76.0 Å². The molecule has 0 heterocycles. The van der Waals surface area contributed by atoms with Gasteiger partial charge >= 0.3 is 47.8 Å². The summed E-state index contributed by atoms with van der Waals surface area (Å²) in [6.45, 7) is 6.31. The van der Waals surface area contributed by atoms with Crippen molar-refractivity contribution >= 4 is 34.6 Å². The lowest BCUT2D eigenvalue weighted by atomic mass is 9.98. The van der Waals surface area contributed by atoms with Gasteiger partial charge in [0.05, 0.1) is 35.5 Å². The molecule has 0 bridgehead atoms. The number of aryl methyl sites for hydroxylation is 1. The highest BCUT2D eigenvalue weighted by Crippen LogP contribution is 2.54. The molecule has 0 aliphatic rings. The molecule has 0 aliphatic heterocycles. The highest BCUT2D eigenvalue weighted by Gasteiger charge is 2.81. The molecule has 0 aromatic heterocycles. The zero-order valence-electron chi connectivity index (χ0n) is 44.4. The number of rotatable bonds is 31. The van der Waals surface area contributed by atoms with Crippen LogP contribution in [0.1, 0.15) is 143 Å². The molecule has 0 N–H and O–H groups in total. The summed E-state index contributed by atoms with van der Waals surface area (Å²) < 4.78 is 151. The molecule has 10 nitrogen and oxygen atoms in total. The van der Waals surface area contributed by atoms with Crippen LogP contribution in [0.4, 0.5) is 39.5 Å². The summed E-state index contributed by atoms with van der Waals surface area (Å²) in [4.78, 5) is 52.2. The average molecular weight is 1140 g/mol. The molecule has 0 fully saturated rings. The number of fused-ring (bicyclic) bond motifs is 1. The Kier molecular flexibility index (Phi) is 22.4. The number of allylic oxidation sites excluding steroid dienone is 1. The smallest absolute Gasteiger partial charge is 0.460 e. The van der Waals surface area contributed by atoms with Crippen LogP contribution in [0, 0.1) is 6.92 Å². The number of carbonyl (C=O) groups excluding carboxylic acids is 4. The quantitative estimate of drug-likeness (QED) is 0.0137. The zero-order chi connectivity index (χ0) is 58.6. The number of alkyl halides is 9. The summed E-state index contributed by atoms with van der Waals surface area (Å²) in [6, 6.07) is 32.7. The third-order valence-corrected chi connectivity index (χ3v) is 13.1. The van der Waals surface area contributed by atoms with Gasteiger partial charge in [0.15, 0.2) is 0 Å². The predicted molar refractivity (Wildman–Crippen MR) is 286 cm³/mol. The fourth-order valence-electron chi connectivity index (χ4n) is 8.33. The maximum Gasteiger partial charge on any atom is 0.460 e. The maximum atomic E-state index is 13.7. The van der Waals surface area contributed by atoms with Gasteiger partial charge in [0, 0.05) is 6.42 Å². The van der Waals surface area contributed by atoms with Crippen LogP contribution in [0.15, 0.2) is 140 Å². The van der Waals surface area contributed by atoms with E-state index in [2.05, 4.69) is 6.58 Å². The van der Waals surface area contributed by atoms with Gasteiger partial charge in [-0.05, 0) is 171 Å². The Bertz CT molecular complexity index is 3030. The molecule has 0 unspecified atom stereocenters. The van der Waals surface area contributed by atoms with Gasteiger partial charge in [-0.15, -0.1) is 6.58 Å². The molecule has 0 spiro atoms. The topological polar surface area (TPSA) is 124 Å². The lowest BCUT2D eigenvalue weighted by molar-refractivity contribution is -0.396. The Hall–Kier alpha value is -7.83. The van der Waals surface area contributed by atoms with E-state index in [1.807, 2.05) is 6.08 Å². The molecule has 0 saturated carbocycles. The van der Waals surface area contributed by atoms with E-state index in [1.54, 1.807) is 61.5 Å². The zero-order valence-corrected chi connectivity index (χ0v) is 44.4. The monoisotopic (exact) mass is 1140 g/mol. The van der Waals surface area contributed by atoms with Gasteiger partial charge in [-0.25, -0.2) is 19.2 Å². The summed E-state index contributed by atoms with van der Waals surface area (Å²) >= 11 is 0. The fourth-order valence-corrected chi connectivity index (χ4v) is 8.33. The standard InChI is InChI=1S/C62H61F9O10/c1-3-4-5-6-7-8-10-13-16-39-76-48-28-19-44(20-29-48)55(72)78-50-32-23-46(24-33-50)57(74)80-52-36-18-43-27-37-54(42(2)53(43)41-52)81-58(75)47-25-34-51(35-26-47)79-56(73)45-21-30-49(31-22-45)77-40-17-14-11-9-12-15-38-59(63,64)60(65,66)61(67,68)62(69,70)71/h3,18-37,41H,1,4-17,38-40H2,2H3. The van der Waals surface area contributed by atoms with Crippen molar-refractivity contribution < 1.29 is 87.1 Å². The average Bonchev–Trinajstić information content (AvgIpc) is 3.63. The van der Waals surface area contributed by atoms with Crippen LogP contribution < -0.4 is 28.4 Å². The largest absolute Gasteiger partial charge is 0.494 e. The summed E-state index contributed by atoms with van der Waals surface area (Å²) in [5, 5.41) is 1.43. The first kappa shape index (κ1) is 62.4. The van der Waals surface area contributed by atoms with Crippen LogP contribution in [0.2, 0.25) is 0 Å². The first-order valence-electron chi connectivity index (χ1n) is 26.5. The number of hydrogen-bond acceptors (Lipinski definition) is 10. The van der Waals surface area contributed by atoms with Crippen molar-refractivity contribution in [2.75, 3.05) is 13.2 Å². The molecule has 0 radical (unpaired) electrons. The second-order valence-electron chi connectivity index (χ2n) is 19.2. The molecule has 0 aliphatic carbocycles. The number of carbonyl (C=O) groups is 4. The molecule has 6 rings (SSSR count). The SMILES string of the molecule is C=CCCCCCCCCCOc1ccc(C(=O)Oc2ccc(C(=O)Oc3ccc4ccc(OC(=O)c5ccc(OC(=O)c6ccc(OCCCCCCCCC(F)(F)C(F)(F)C(F)(F)C(F)(F)F)cc6)cc5)c(C)c4c3)cc2)cc1. The van der Waals surface area contributed by atoms with Crippen molar-refractivity contribution in [2.24, 2.45) is 0 Å². The van der Waals surface area contributed by atoms with Crippen LogP contribution in [-0.2, 0) is 0 Å². The second-order valence-corrected chi connectivity index (χ2v) is 19.2. The predicted octanol–water partition coefficient (Wildman–Crippen LogP) is 17.3. The summed E-state index contributed by atoms with van der Waals surface area (Å²) in [5.41, 5.74) is 1.46. The minimum Gasteiger partial charge on any atom is -0.494 e. The van der Waals surface area contributed by atoms with E-state index >= 15 is 0 Å². The van der Waals surface area contributed by atoms with Gasteiger partial charge < -0.3 is 28.4 Å². The van der Waals surface area contributed by atoms with E-state index in [4.69, 9.17) is 28.4 Å². The third kappa shape index (κ3) is 17.6. The molecule has 0 amide bonds. The van der Waals surface area contributed by atoms with Crippen molar-refractivity contribution in [3.63, 3.8) is 0 Å². The van der Waals surface area contributed by atoms with Crippen LogP contribution in [0.3, 0.4) is 0 Å². The molecule has 6 aromatic carbocycles. The van der Waals surface area contributed by atoms with E-state index in [0.29, 0.717) is 53.9 Å². The first-order valence-corrected chi connectivity index (χ1v) is 26.5. The van der Waals surface area contributed by atoms with Crippen LogP contribution in [0.25, 0.3) is 10.8 Å². The van der Waals surface area contributed by atoms with Crippen LogP contribution >= 0.6 is 0 Å². The molecule has 0 atom stereocenters. The third-order valence-electron chi connectivity index (χ3n) is 13.1. The number of ether oxygens (including phenoxy) is 6. The molecular formula is C62H61F9O10. The van der Waals surface area contributed by atoms with Crippen LogP contribution in [-0.4, -0.2) is 61.0 Å². The molecular weight excluding hydrogens is 1080 g/mol. The van der Waals surface area contributed by atoms with E-state index in [-0.39, 0.29) is 59.1 Å². The van der Waals surface area contributed by atoms with Crippen molar-refractivity contribution in [2.45, 2.75) is 127 Å². The Morgan fingerprint density at radius 2 is 0.778 bits per heavy atom. The van der Waals surface area contributed by atoms with Crippen molar-refractivity contribution in [3.05, 3.63) is 168 Å². The Morgan fingerprint density at radius 3 is 1.21 bits per heavy atom. The Balaban J connectivity index is 0.891. The summed E-state index contributed by atoms with van der Waals surface area (Å²) in [5.74, 6) is -19.8.